The molecule has 0 radical (unpaired) electrons. The number of benzene rings is 6. The van der Waals surface area contributed by atoms with Crippen molar-refractivity contribution in [2.75, 3.05) is 4.90 Å². The number of nitrogens with zero attached hydrogens (tertiary/aromatic N) is 1. The van der Waals surface area contributed by atoms with Crippen molar-refractivity contribution in [3.63, 3.8) is 0 Å². The molecule has 0 atom stereocenters. The number of rotatable bonds is 4. The highest BCUT2D eigenvalue weighted by Gasteiger charge is 2.62. The first kappa shape index (κ1) is 30.6. The number of anilines is 3. The molecule has 0 heterocycles. The minimum Gasteiger partial charge on any atom is -0.310 e. The molecule has 0 unspecified atom stereocenters. The first-order valence-corrected chi connectivity index (χ1v) is 20.7. The lowest BCUT2D eigenvalue weighted by Gasteiger charge is -2.61. The summed E-state index contributed by atoms with van der Waals surface area (Å²) in [6.07, 6.45) is 13.6. The van der Waals surface area contributed by atoms with Crippen LogP contribution in [0, 0.1) is 23.7 Å². The van der Waals surface area contributed by atoms with Crippen LogP contribution in [0.1, 0.15) is 86.5 Å². The molecule has 2 spiro atoms. The Hall–Kier alpha value is -4.88. The van der Waals surface area contributed by atoms with Crippen molar-refractivity contribution in [3.05, 3.63) is 162 Å². The maximum absolute atomic E-state index is 2.63. The Bertz CT molecular complexity index is 2380. The summed E-state index contributed by atoms with van der Waals surface area (Å²) < 4.78 is 0. The minimum absolute atomic E-state index is 0.136. The fourth-order valence-corrected chi connectivity index (χ4v) is 13.5. The van der Waals surface area contributed by atoms with Gasteiger partial charge in [0.15, 0.2) is 0 Å². The monoisotopic (exact) mass is 685 g/mol. The van der Waals surface area contributed by atoms with Gasteiger partial charge in [-0.05, 0) is 149 Å². The average Bonchev–Trinajstić information content (AvgIpc) is 3.65. The van der Waals surface area contributed by atoms with Crippen molar-refractivity contribution in [2.45, 2.75) is 75.0 Å². The number of hydrogen-bond acceptors (Lipinski definition) is 1. The summed E-state index contributed by atoms with van der Waals surface area (Å²) in [7, 11) is 0. The number of hydrogen-bond donors (Lipinski definition) is 0. The van der Waals surface area contributed by atoms with Crippen LogP contribution in [0.2, 0.25) is 0 Å². The minimum atomic E-state index is 0.136. The van der Waals surface area contributed by atoms with Gasteiger partial charge in [0.05, 0.1) is 5.69 Å². The van der Waals surface area contributed by atoms with Gasteiger partial charge >= 0.3 is 0 Å². The molecule has 6 aromatic carbocycles. The third-order valence-electron chi connectivity index (χ3n) is 15.2. The predicted molar refractivity (Wildman–Crippen MR) is 219 cm³/mol. The van der Waals surface area contributed by atoms with Crippen LogP contribution in [0.5, 0.6) is 0 Å². The van der Waals surface area contributed by atoms with Gasteiger partial charge in [-0.2, -0.15) is 0 Å². The molecular formula is C52H47N. The summed E-state index contributed by atoms with van der Waals surface area (Å²) in [5.41, 5.74) is 18.8. The molecule has 0 aliphatic heterocycles. The van der Waals surface area contributed by atoms with Crippen LogP contribution < -0.4 is 4.90 Å². The van der Waals surface area contributed by atoms with Gasteiger partial charge < -0.3 is 4.90 Å². The lowest BCUT2D eigenvalue weighted by molar-refractivity contribution is -0.0399. The van der Waals surface area contributed by atoms with E-state index in [-0.39, 0.29) is 10.8 Å². The Kier molecular flexibility index (Phi) is 6.53. The molecule has 5 fully saturated rings. The van der Waals surface area contributed by atoms with Crippen LogP contribution in [0.4, 0.5) is 17.1 Å². The SMILES string of the molecule is c1ccc(-c2cccc(N(c3ccc4c(c3)-c3ccccc3C43CCCCC3)c3cccc4c3-c3ccccc3C43C4CC5CC(C4)CC3C5)c2)cc1. The molecule has 0 saturated heterocycles. The summed E-state index contributed by atoms with van der Waals surface area (Å²) in [6.45, 7) is 0. The summed E-state index contributed by atoms with van der Waals surface area (Å²) in [5.74, 6) is 3.35. The van der Waals surface area contributed by atoms with E-state index in [9.17, 15) is 0 Å². The molecule has 7 aliphatic rings. The van der Waals surface area contributed by atoms with Gasteiger partial charge in [-0.3, -0.25) is 0 Å². The van der Waals surface area contributed by atoms with E-state index in [2.05, 4.69) is 144 Å². The third kappa shape index (κ3) is 4.15. The van der Waals surface area contributed by atoms with Gasteiger partial charge in [0.25, 0.3) is 0 Å². The van der Waals surface area contributed by atoms with Gasteiger partial charge in [0.2, 0.25) is 0 Å². The van der Waals surface area contributed by atoms with Crippen LogP contribution in [0.3, 0.4) is 0 Å². The molecule has 1 heteroatoms. The lowest BCUT2D eigenvalue weighted by atomic mass is 9.43. The zero-order chi connectivity index (χ0) is 34.7. The van der Waals surface area contributed by atoms with E-state index in [1.165, 1.54) is 115 Å². The van der Waals surface area contributed by atoms with E-state index >= 15 is 0 Å². The smallest absolute Gasteiger partial charge is 0.0543 e. The van der Waals surface area contributed by atoms with Gasteiger partial charge in [-0.25, -0.2) is 0 Å². The second kappa shape index (κ2) is 11.3. The van der Waals surface area contributed by atoms with Gasteiger partial charge in [-0.1, -0.05) is 128 Å². The summed E-state index contributed by atoms with van der Waals surface area (Å²) in [5, 5.41) is 0. The van der Waals surface area contributed by atoms with Gasteiger partial charge in [-0.15, -0.1) is 0 Å². The third-order valence-corrected chi connectivity index (χ3v) is 15.2. The maximum atomic E-state index is 2.63. The number of fused-ring (bicyclic) bond motifs is 8. The quantitative estimate of drug-likeness (QED) is 0.179. The molecule has 4 bridgehead atoms. The van der Waals surface area contributed by atoms with E-state index in [0.717, 1.165) is 23.7 Å². The average molecular weight is 686 g/mol. The van der Waals surface area contributed by atoms with Crippen molar-refractivity contribution in [1.29, 1.82) is 0 Å². The highest BCUT2D eigenvalue weighted by molar-refractivity contribution is 5.97. The van der Waals surface area contributed by atoms with Crippen molar-refractivity contribution in [3.8, 4) is 33.4 Å². The first-order chi connectivity index (χ1) is 26.2. The molecule has 0 N–H and O–H groups in total. The Labute approximate surface area is 314 Å². The molecule has 53 heavy (non-hydrogen) atoms. The van der Waals surface area contributed by atoms with E-state index in [1.807, 2.05) is 0 Å². The van der Waals surface area contributed by atoms with E-state index in [0.29, 0.717) is 0 Å². The molecule has 0 amide bonds. The van der Waals surface area contributed by atoms with Crippen molar-refractivity contribution >= 4 is 17.1 Å². The van der Waals surface area contributed by atoms with Crippen molar-refractivity contribution in [2.24, 2.45) is 23.7 Å². The molecule has 260 valence electrons. The van der Waals surface area contributed by atoms with Crippen molar-refractivity contribution in [1.82, 2.24) is 0 Å². The molecule has 6 aromatic rings. The summed E-state index contributed by atoms with van der Waals surface area (Å²) in [6, 6.07) is 54.1. The Balaban J connectivity index is 1.10. The lowest BCUT2D eigenvalue weighted by Crippen LogP contribution is -2.55. The van der Waals surface area contributed by atoms with E-state index in [1.54, 1.807) is 22.3 Å². The van der Waals surface area contributed by atoms with E-state index < -0.39 is 0 Å². The van der Waals surface area contributed by atoms with Gasteiger partial charge in [0.1, 0.15) is 0 Å². The topological polar surface area (TPSA) is 3.24 Å². The highest BCUT2D eigenvalue weighted by Crippen LogP contribution is 2.70. The fourth-order valence-electron chi connectivity index (χ4n) is 13.5. The Morgan fingerprint density at radius 3 is 1.85 bits per heavy atom. The molecule has 0 aromatic heterocycles. The second-order valence-electron chi connectivity index (χ2n) is 17.6. The standard InChI is InChI=1S/C52H47N/c1-3-13-36(14-4-1)37-15-11-16-40(32-37)53(41-23-24-46-44(33-41)42-17-5-7-19-45(42)51(46)25-9-2-10-26-51)49-22-12-21-48-50(49)43-18-6-8-20-47(43)52(48)38-28-34-27-35(30-38)31-39(52)29-34/h1,3-8,11-24,32-35,38-39H,2,9-10,25-31H2. The molecule has 1 nitrogen and oxygen atoms in total. The highest BCUT2D eigenvalue weighted by atomic mass is 15.1. The van der Waals surface area contributed by atoms with Crippen LogP contribution in [0.25, 0.3) is 33.4 Å². The van der Waals surface area contributed by atoms with Crippen molar-refractivity contribution < 1.29 is 0 Å². The zero-order valence-corrected chi connectivity index (χ0v) is 30.6. The van der Waals surface area contributed by atoms with Crippen LogP contribution in [-0.4, -0.2) is 0 Å². The Morgan fingerprint density at radius 2 is 1.06 bits per heavy atom. The van der Waals surface area contributed by atoms with Gasteiger partial charge in [0, 0.05) is 27.8 Å². The molecular weight excluding hydrogens is 639 g/mol. The predicted octanol–water partition coefficient (Wildman–Crippen LogP) is 13.8. The normalized spacial score (nSPS) is 26.3. The maximum Gasteiger partial charge on any atom is 0.0543 e. The first-order valence-electron chi connectivity index (χ1n) is 20.7. The summed E-state index contributed by atoms with van der Waals surface area (Å²) in [4.78, 5) is 2.63. The fraction of sp³-hybridized carbons (Fsp3) is 0.308. The molecule has 5 saturated carbocycles. The zero-order valence-electron chi connectivity index (χ0n) is 30.6. The van der Waals surface area contributed by atoms with Crippen LogP contribution >= 0.6 is 0 Å². The second-order valence-corrected chi connectivity index (χ2v) is 17.6. The molecule has 13 rings (SSSR count). The summed E-state index contributed by atoms with van der Waals surface area (Å²) >= 11 is 0. The van der Waals surface area contributed by atoms with Crippen LogP contribution in [-0.2, 0) is 10.8 Å². The largest absolute Gasteiger partial charge is 0.310 e. The molecule has 7 aliphatic carbocycles. The van der Waals surface area contributed by atoms with Crippen LogP contribution in [0.15, 0.2) is 140 Å². The Morgan fingerprint density at radius 1 is 0.434 bits per heavy atom. The van der Waals surface area contributed by atoms with E-state index in [4.69, 9.17) is 0 Å².